The molecule has 3 amide bonds. The van der Waals surface area contributed by atoms with Crippen molar-refractivity contribution in [2.45, 2.75) is 45.6 Å². The van der Waals surface area contributed by atoms with E-state index in [9.17, 15) is 19.2 Å². The standard InChI is InChI=1S/C40H37Cl2N3O6/c1-23(9-10-24(2)46)19-44-32-14-11-25(17-34(32)50-21-37(44)48)28-5-3-7-30(39(28)41)31-8-4-6-29(40(31)42)26-12-15-33-35(18-26)51-22-38(49)45(33)20-27-13-16-36(47)43-27/h3-8,11-12,14-15,17-18,23,27H,9-10,13,16,19-22H2,1-2H3,(H,43,47)/t23-,27-/m1/s1. The first-order valence-corrected chi connectivity index (χ1v) is 17.8. The molecule has 7 rings (SSSR count). The molecule has 0 radical (unpaired) electrons. The molecule has 2 atom stereocenters. The van der Waals surface area contributed by atoms with Crippen LogP contribution in [0.2, 0.25) is 10.0 Å². The van der Waals surface area contributed by atoms with Gasteiger partial charge >= 0.3 is 0 Å². The van der Waals surface area contributed by atoms with Crippen LogP contribution in [-0.2, 0) is 19.2 Å². The fraction of sp³-hybridized carbons (Fsp3) is 0.300. The predicted molar refractivity (Wildman–Crippen MR) is 199 cm³/mol. The molecule has 51 heavy (non-hydrogen) atoms. The second kappa shape index (κ2) is 14.4. The molecule has 0 unspecified atom stereocenters. The van der Waals surface area contributed by atoms with Crippen LogP contribution < -0.4 is 24.6 Å². The maximum absolute atomic E-state index is 12.8. The number of hydrogen-bond donors (Lipinski definition) is 1. The van der Waals surface area contributed by atoms with E-state index in [0.29, 0.717) is 71.7 Å². The van der Waals surface area contributed by atoms with E-state index in [2.05, 4.69) is 5.32 Å². The zero-order valence-electron chi connectivity index (χ0n) is 28.3. The van der Waals surface area contributed by atoms with Gasteiger partial charge in [-0.2, -0.15) is 0 Å². The van der Waals surface area contributed by atoms with E-state index in [-0.39, 0.29) is 48.7 Å². The van der Waals surface area contributed by atoms with Gasteiger partial charge in [-0.05, 0) is 61.1 Å². The second-order valence-corrected chi connectivity index (χ2v) is 14.2. The zero-order chi connectivity index (χ0) is 35.8. The SMILES string of the molecule is CC(=O)CC[C@@H](C)CN1C(=O)COc2cc(-c3cccc(-c4cccc(-c5ccc6c(c5)OCC(=O)N6C[C@H]5CCC(=O)N5)c4Cl)c3Cl)ccc21. The van der Waals surface area contributed by atoms with E-state index in [0.717, 1.165) is 33.4 Å². The lowest BCUT2D eigenvalue weighted by Crippen LogP contribution is -2.46. The van der Waals surface area contributed by atoms with Gasteiger partial charge in [0.2, 0.25) is 5.91 Å². The number of ketones is 1. The van der Waals surface area contributed by atoms with Crippen LogP contribution in [0.15, 0.2) is 72.8 Å². The molecular formula is C40H37Cl2N3O6. The number of fused-ring (bicyclic) bond motifs is 2. The van der Waals surface area contributed by atoms with Crippen molar-refractivity contribution in [2.24, 2.45) is 5.92 Å². The minimum Gasteiger partial charge on any atom is -0.482 e. The summed E-state index contributed by atoms with van der Waals surface area (Å²) in [5, 5.41) is 3.96. The number of anilines is 2. The Hall–Kier alpha value is -4.86. The fourth-order valence-electron chi connectivity index (χ4n) is 6.96. The molecule has 9 nitrogen and oxygen atoms in total. The number of nitrogens with one attached hydrogen (secondary N) is 1. The van der Waals surface area contributed by atoms with Crippen molar-refractivity contribution >= 4 is 58.1 Å². The molecular weight excluding hydrogens is 689 g/mol. The van der Waals surface area contributed by atoms with E-state index >= 15 is 0 Å². The summed E-state index contributed by atoms with van der Waals surface area (Å²) in [5.74, 6) is 1.18. The summed E-state index contributed by atoms with van der Waals surface area (Å²) in [5.41, 5.74) is 6.05. The number of ether oxygens (including phenoxy) is 2. The number of rotatable bonds is 10. The van der Waals surface area contributed by atoms with Gasteiger partial charge in [-0.15, -0.1) is 0 Å². The minimum absolute atomic E-state index is 0.00144. The number of hydrogen-bond acceptors (Lipinski definition) is 6. The maximum atomic E-state index is 12.8. The van der Waals surface area contributed by atoms with Gasteiger partial charge in [0.25, 0.3) is 11.8 Å². The number of nitrogens with zero attached hydrogens (tertiary/aromatic N) is 2. The summed E-state index contributed by atoms with van der Waals surface area (Å²) in [6.07, 6.45) is 2.34. The zero-order valence-corrected chi connectivity index (χ0v) is 29.9. The number of carbonyl (C=O) groups is 4. The molecule has 3 heterocycles. The Bertz CT molecular complexity index is 2070. The van der Waals surface area contributed by atoms with Crippen LogP contribution in [0.3, 0.4) is 0 Å². The van der Waals surface area contributed by atoms with Crippen molar-refractivity contribution in [3.05, 3.63) is 82.8 Å². The molecule has 1 N–H and O–H groups in total. The van der Waals surface area contributed by atoms with Gasteiger partial charge in [-0.3, -0.25) is 14.4 Å². The van der Waals surface area contributed by atoms with Crippen molar-refractivity contribution in [2.75, 3.05) is 36.1 Å². The average Bonchev–Trinajstić information content (AvgIpc) is 3.54. The predicted octanol–water partition coefficient (Wildman–Crippen LogP) is 7.73. The van der Waals surface area contributed by atoms with E-state index in [1.807, 2.05) is 79.7 Å². The summed E-state index contributed by atoms with van der Waals surface area (Å²) in [6.45, 7) is 4.36. The lowest BCUT2D eigenvalue weighted by Gasteiger charge is -2.31. The van der Waals surface area contributed by atoms with Gasteiger partial charge in [-0.25, -0.2) is 0 Å². The Morgan fingerprint density at radius 1 is 0.804 bits per heavy atom. The molecule has 0 spiro atoms. The lowest BCUT2D eigenvalue weighted by atomic mass is 9.95. The van der Waals surface area contributed by atoms with Gasteiger partial charge < -0.3 is 29.4 Å². The quantitative estimate of drug-likeness (QED) is 0.180. The van der Waals surface area contributed by atoms with Crippen LogP contribution in [0.4, 0.5) is 11.4 Å². The van der Waals surface area contributed by atoms with Crippen LogP contribution in [0, 0.1) is 5.92 Å². The highest BCUT2D eigenvalue weighted by molar-refractivity contribution is 6.39. The van der Waals surface area contributed by atoms with Crippen LogP contribution in [-0.4, -0.2) is 55.8 Å². The Labute approximate surface area is 306 Å². The van der Waals surface area contributed by atoms with E-state index in [1.165, 1.54) is 0 Å². The monoisotopic (exact) mass is 725 g/mol. The molecule has 3 aliphatic heterocycles. The molecule has 4 aromatic rings. The van der Waals surface area contributed by atoms with Gasteiger partial charge in [0.05, 0.1) is 21.4 Å². The first-order chi connectivity index (χ1) is 24.6. The number of halogens is 2. The van der Waals surface area contributed by atoms with Gasteiger partial charge in [0.1, 0.15) is 17.3 Å². The summed E-state index contributed by atoms with van der Waals surface area (Å²) in [4.78, 5) is 52.3. The summed E-state index contributed by atoms with van der Waals surface area (Å²) in [6, 6.07) is 22.8. The van der Waals surface area contributed by atoms with Gasteiger partial charge in [-0.1, -0.05) is 78.7 Å². The lowest BCUT2D eigenvalue weighted by molar-refractivity contribution is -0.122. The smallest absolute Gasteiger partial charge is 0.265 e. The molecule has 262 valence electrons. The number of carbonyl (C=O) groups excluding carboxylic acids is 4. The van der Waals surface area contributed by atoms with E-state index in [4.69, 9.17) is 32.7 Å². The van der Waals surface area contributed by atoms with Crippen LogP contribution in [0.5, 0.6) is 11.5 Å². The molecule has 0 aliphatic carbocycles. The molecule has 0 aromatic heterocycles. The highest BCUT2D eigenvalue weighted by atomic mass is 35.5. The van der Waals surface area contributed by atoms with Crippen molar-refractivity contribution < 1.29 is 28.7 Å². The van der Waals surface area contributed by atoms with E-state index in [1.54, 1.807) is 16.7 Å². The first-order valence-electron chi connectivity index (χ1n) is 17.1. The Morgan fingerprint density at radius 3 is 1.86 bits per heavy atom. The third-order valence-electron chi connectivity index (χ3n) is 9.69. The molecule has 1 fully saturated rings. The first kappa shape index (κ1) is 34.6. The van der Waals surface area contributed by atoms with Crippen molar-refractivity contribution in [3.63, 3.8) is 0 Å². The second-order valence-electron chi connectivity index (χ2n) is 13.4. The van der Waals surface area contributed by atoms with Crippen LogP contribution in [0.25, 0.3) is 33.4 Å². The number of benzene rings is 4. The molecule has 1 saturated heterocycles. The average molecular weight is 727 g/mol. The summed E-state index contributed by atoms with van der Waals surface area (Å²) >= 11 is 14.3. The highest BCUT2D eigenvalue weighted by Gasteiger charge is 2.31. The van der Waals surface area contributed by atoms with Crippen LogP contribution in [0.1, 0.15) is 39.5 Å². The summed E-state index contributed by atoms with van der Waals surface area (Å²) < 4.78 is 11.7. The van der Waals surface area contributed by atoms with Crippen molar-refractivity contribution in [3.8, 4) is 44.9 Å². The highest BCUT2D eigenvalue weighted by Crippen LogP contribution is 2.45. The molecule has 3 aliphatic rings. The van der Waals surface area contributed by atoms with Gasteiger partial charge in [0.15, 0.2) is 13.2 Å². The Kier molecular flexibility index (Phi) is 9.77. The Morgan fingerprint density at radius 2 is 1.33 bits per heavy atom. The third-order valence-corrected chi connectivity index (χ3v) is 10.5. The largest absolute Gasteiger partial charge is 0.482 e. The molecule has 4 aromatic carbocycles. The normalized spacial score (nSPS) is 17.3. The van der Waals surface area contributed by atoms with Crippen molar-refractivity contribution in [1.29, 1.82) is 0 Å². The van der Waals surface area contributed by atoms with Crippen molar-refractivity contribution in [1.82, 2.24) is 5.32 Å². The molecule has 0 bridgehead atoms. The maximum Gasteiger partial charge on any atom is 0.265 e. The third kappa shape index (κ3) is 7.05. The Balaban J connectivity index is 1.16. The summed E-state index contributed by atoms with van der Waals surface area (Å²) in [7, 11) is 0. The number of amides is 3. The number of Topliss-reactive ketones (excluding diaryl/α,β-unsaturated/α-hetero) is 1. The van der Waals surface area contributed by atoms with Crippen LogP contribution >= 0.6 is 23.2 Å². The minimum atomic E-state index is -0.155. The molecule has 0 saturated carbocycles. The topological polar surface area (TPSA) is 105 Å². The van der Waals surface area contributed by atoms with Gasteiger partial charge in [0, 0.05) is 54.2 Å². The fourth-order valence-corrected chi connectivity index (χ4v) is 7.63. The van der Waals surface area contributed by atoms with E-state index < -0.39 is 0 Å². The molecule has 11 heteroatoms.